The van der Waals surface area contributed by atoms with Crippen LogP contribution in [0.4, 0.5) is 4.79 Å². The third-order valence-electron chi connectivity index (χ3n) is 2.89. The number of carbonyl (C=O) groups excluding carboxylic acids is 2. The molecule has 0 aliphatic carbocycles. The van der Waals surface area contributed by atoms with E-state index >= 15 is 0 Å². The fraction of sp³-hybridized carbons (Fsp3) is 0.600. The summed E-state index contributed by atoms with van der Waals surface area (Å²) in [5.74, 6) is -0.1000. The van der Waals surface area contributed by atoms with Crippen LogP contribution in [0, 0.1) is 0 Å². The number of hydrogen-bond donors (Lipinski definition) is 1. The Bertz CT molecular complexity index is 316. The van der Waals surface area contributed by atoms with Crippen molar-refractivity contribution in [3.8, 4) is 0 Å². The molecule has 15 heavy (non-hydrogen) atoms. The lowest BCUT2D eigenvalue weighted by Gasteiger charge is -2.37. The Morgan fingerprint density at radius 3 is 3.07 bits per heavy atom. The molecule has 0 aromatic carbocycles. The summed E-state index contributed by atoms with van der Waals surface area (Å²) in [5.41, 5.74) is -0.506. The zero-order valence-electron chi connectivity index (χ0n) is 8.49. The van der Waals surface area contributed by atoms with Crippen molar-refractivity contribution < 1.29 is 14.3 Å². The Labute approximate surface area is 88.1 Å². The van der Waals surface area contributed by atoms with Crippen molar-refractivity contribution in [2.24, 2.45) is 0 Å². The van der Waals surface area contributed by atoms with Gasteiger partial charge >= 0.3 is 6.09 Å². The maximum atomic E-state index is 11.4. The third kappa shape index (κ3) is 1.82. The number of piperidine rings is 1. The molecule has 1 spiro atoms. The molecule has 2 heterocycles. The summed E-state index contributed by atoms with van der Waals surface area (Å²) in [6, 6.07) is 0. The second-order valence-corrected chi connectivity index (χ2v) is 3.99. The first-order valence-corrected chi connectivity index (χ1v) is 5.03. The van der Waals surface area contributed by atoms with E-state index in [9.17, 15) is 9.59 Å². The number of carbonyl (C=O) groups is 2. The van der Waals surface area contributed by atoms with Crippen LogP contribution in [-0.4, -0.2) is 42.1 Å². The summed E-state index contributed by atoms with van der Waals surface area (Å²) in [6.07, 6.45) is 2.58. The Morgan fingerprint density at radius 1 is 1.67 bits per heavy atom. The number of rotatable bonds is 1. The maximum Gasteiger partial charge on any atom is 0.407 e. The first-order valence-electron chi connectivity index (χ1n) is 5.03. The monoisotopic (exact) mass is 210 g/mol. The first kappa shape index (κ1) is 10.0. The Kier molecular flexibility index (Phi) is 2.38. The van der Waals surface area contributed by atoms with Crippen LogP contribution in [0.1, 0.15) is 12.8 Å². The van der Waals surface area contributed by atoms with Crippen LogP contribution in [0.25, 0.3) is 0 Å². The lowest BCUT2D eigenvalue weighted by molar-refractivity contribution is -0.131. The minimum atomic E-state index is -0.506. The molecule has 5 heteroatoms. The maximum absolute atomic E-state index is 11.4. The van der Waals surface area contributed by atoms with Gasteiger partial charge in [-0.3, -0.25) is 4.79 Å². The molecule has 2 fully saturated rings. The van der Waals surface area contributed by atoms with Gasteiger partial charge in [0, 0.05) is 6.54 Å². The van der Waals surface area contributed by atoms with Gasteiger partial charge in [0.05, 0.1) is 13.1 Å². The molecule has 2 saturated heterocycles. The molecule has 2 rings (SSSR count). The van der Waals surface area contributed by atoms with E-state index in [1.54, 1.807) is 4.90 Å². The average Bonchev–Trinajstić information content (AvgIpc) is 2.59. The number of amides is 2. The van der Waals surface area contributed by atoms with Gasteiger partial charge in [-0.05, 0) is 18.9 Å². The van der Waals surface area contributed by atoms with E-state index in [1.807, 2.05) is 0 Å². The van der Waals surface area contributed by atoms with E-state index in [2.05, 4.69) is 11.9 Å². The molecule has 2 amide bonds. The Hall–Kier alpha value is -1.52. The smallest absolute Gasteiger partial charge is 0.407 e. The van der Waals surface area contributed by atoms with Crippen molar-refractivity contribution in [2.45, 2.75) is 18.4 Å². The molecule has 0 radical (unpaired) electrons. The van der Waals surface area contributed by atoms with E-state index in [1.165, 1.54) is 6.08 Å². The fourth-order valence-electron chi connectivity index (χ4n) is 2.14. The lowest BCUT2D eigenvalue weighted by atomic mass is 9.93. The highest BCUT2D eigenvalue weighted by Gasteiger charge is 2.44. The number of hydrogen-bond acceptors (Lipinski definition) is 3. The van der Waals surface area contributed by atoms with Gasteiger partial charge < -0.3 is 15.0 Å². The molecule has 1 N–H and O–H groups in total. The van der Waals surface area contributed by atoms with Crippen LogP contribution >= 0.6 is 0 Å². The van der Waals surface area contributed by atoms with Crippen LogP contribution in [0.2, 0.25) is 0 Å². The molecule has 1 atom stereocenters. The summed E-state index contributed by atoms with van der Waals surface area (Å²) in [5, 5.41) is 2.63. The number of nitrogens with one attached hydrogen (secondary N) is 1. The van der Waals surface area contributed by atoms with Crippen LogP contribution in [0.5, 0.6) is 0 Å². The van der Waals surface area contributed by atoms with E-state index in [4.69, 9.17) is 4.74 Å². The summed E-state index contributed by atoms with van der Waals surface area (Å²) >= 11 is 0. The van der Waals surface area contributed by atoms with E-state index in [0.717, 1.165) is 12.8 Å². The highest BCUT2D eigenvalue weighted by atomic mass is 16.6. The van der Waals surface area contributed by atoms with Gasteiger partial charge in [0.2, 0.25) is 5.91 Å². The van der Waals surface area contributed by atoms with E-state index < -0.39 is 5.60 Å². The quantitative estimate of drug-likeness (QED) is 0.632. The second kappa shape index (κ2) is 3.56. The van der Waals surface area contributed by atoms with Gasteiger partial charge in [-0.1, -0.05) is 6.58 Å². The van der Waals surface area contributed by atoms with Crippen LogP contribution < -0.4 is 5.32 Å². The standard InChI is InChI=1S/C10H14N2O3/c1-2-8(13)12-5-3-4-10(7-12)6-11-9(14)15-10/h2H,1,3-7H2,(H,11,14). The first-order chi connectivity index (χ1) is 7.15. The topological polar surface area (TPSA) is 58.6 Å². The summed E-state index contributed by atoms with van der Waals surface area (Å²) < 4.78 is 5.24. The predicted octanol–water partition coefficient (Wildman–Crippen LogP) is 0.273. The zero-order valence-corrected chi connectivity index (χ0v) is 8.49. The molecule has 2 aliphatic rings. The molecule has 2 aliphatic heterocycles. The van der Waals surface area contributed by atoms with Crippen LogP contribution in [0.15, 0.2) is 12.7 Å². The normalized spacial score (nSPS) is 29.9. The minimum absolute atomic E-state index is 0.1000. The van der Waals surface area contributed by atoms with Gasteiger partial charge in [-0.25, -0.2) is 4.79 Å². The lowest BCUT2D eigenvalue weighted by Crippen LogP contribution is -2.51. The summed E-state index contributed by atoms with van der Waals surface area (Å²) in [4.78, 5) is 24.1. The highest BCUT2D eigenvalue weighted by molar-refractivity contribution is 5.87. The van der Waals surface area contributed by atoms with Crippen molar-refractivity contribution in [2.75, 3.05) is 19.6 Å². The van der Waals surface area contributed by atoms with Gasteiger partial charge in [-0.15, -0.1) is 0 Å². The van der Waals surface area contributed by atoms with Gasteiger partial charge in [-0.2, -0.15) is 0 Å². The van der Waals surface area contributed by atoms with E-state index in [0.29, 0.717) is 19.6 Å². The number of alkyl carbamates (subject to hydrolysis) is 1. The van der Waals surface area contributed by atoms with Gasteiger partial charge in [0.25, 0.3) is 0 Å². The number of likely N-dealkylation sites (tertiary alicyclic amines) is 1. The van der Waals surface area contributed by atoms with Gasteiger partial charge in [0.15, 0.2) is 0 Å². The van der Waals surface area contributed by atoms with E-state index in [-0.39, 0.29) is 12.0 Å². The molecule has 1 unspecified atom stereocenters. The summed E-state index contributed by atoms with van der Waals surface area (Å²) in [6.45, 7) is 5.13. The predicted molar refractivity (Wildman–Crippen MR) is 53.2 cm³/mol. The summed E-state index contributed by atoms with van der Waals surface area (Å²) in [7, 11) is 0. The van der Waals surface area contributed by atoms with Crippen molar-refractivity contribution in [3.05, 3.63) is 12.7 Å². The van der Waals surface area contributed by atoms with Crippen molar-refractivity contribution >= 4 is 12.0 Å². The SMILES string of the molecule is C=CC(=O)N1CCCC2(CNC(=O)O2)C1. The molecular weight excluding hydrogens is 196 g/mol. The number of ether oxygens (including phenoxy) is 1. The molecular formula is C10H14N2O3. The van der Waals surface area contributed by atoms with Crippen LogP contribution in [0.3, 0.4) is 0 Å². The van der Waals surface area contributed by atoms with Crippen molar-refractivity contribution in [1.29, 1.82) is 0 Å². The molecule has 0 aromatic rings. The Morgan fingerprint density at radius 2 is 2.47 bits per heavy atom. The van der Waals surface area contributed by atoms with Crippen molar-refractivity contribution in [1.82, 2.24) is 10.2 Å². The minimum Gasteiger partial charge on any atom is -0.439 e. The molecule has 82 valence electrons. The molecule has 0 bridgehead atoms. The second-order valence-electron chi connectivity index (χ2n) is 3.99. The fourth-order valence-corrected chi connectivity index (χ4v) is 2.14. The molecule has 0 aromatic heterocycles. The third-order valence-corrected chi connectivity index (χ3v) is 2.89. The average molecular weight is 210 g/mol. The zero-order chi connectivity index (χ0) is 10.9. The Balaban J connectivity index is 2.07. The molecule has 5 nitrogen and oxygen atoms in total. The number of nitrogens with zero attached hydrogens (tertiary/aromatic N) is 1. The molecule has 0 saturated carbocycles. The van der Waals surface area contributed by atoms with Crippen LogP contribution in [-0.2, 0) is 9.53 Å². The largest absolute Gasteiger partial charge is 0.439 e. The van der Waals surface area contributed by atoms with Crippen molar-refractivity contribution in [3.63, 3.8) is 0 Å². The highest BCUT2D eigenvalue weighted by Crippen LogP contribution is 2.27. The van der Waals surface area contributed by atoms with Gasteiger partial charge in [0.1, 0.15) is 5.60 Å².